The van der Waals surface area contributed by atoms with Gasteiger partial charge in [0.15, 0.2) is 4.34 Å². The number of hydrogen-bond acceptors (Lipinski definition) is 7. The van der Waals surface area contributed by atoms with Crippen molar-refractivity contribution in [3.63, 3.8) is 0 Å². The monoisotopic (exact) mass is 417 g/mol. The van der Waals surface area contributed by atoms with Gasteiger partial charge in [0.05, 0.1) is 6.61 Å². The highest BCUT2D eigenvalue weighted by molar-refractivity contribution is 8.00. The van der Waals surface area contributed by atoms with Gasteiger partial charge in [-0.1, -0.05) is 60.4 Å². The topological polar surface area (TPSA) is 56.3 Å². The van der Waals surface area contributed by atoms with E-state index >= 15 is 0 Å². The first-order valence-corrected chi connectivity index (χ1v) is 10.9. The maximum absolute atomic E-state index is 14.1. The summed E-state index contributed by atoms with van der Waals surface area (Å²) in [4.78, 5) is 0. The van der Waals surface area contributed by atoms with Crippen molar-refractivity contribution in [2.45, 2.75) is 36.3 Å². The van der Waals surface area contributed by atoms with E-state index in [-0.39, 0.29) is 5.82 Å². The Hall–Kier alpha value is -2.16. The van der Waals surface area contributed by atoms with Crippen molar-refractivity contribution < 1.29 is 13.9 Å². The van der Waals surface area contributed by atoms with Gasteiger partial charge in [-0.15, -0.1) is 10.2 Å². The smallest absolute Gasteiger partial charge is 0.227 e. The molecule has 0 aliphatic carbocycles. The van der Waals surface area contributed by atoms with Crippen molar-refractivity contribution in [3.8, 4) is 5.75 Å². The average molecular weight is 418 g/mol. The number of benzene rings is 2. The Bertz CT molecular complexity index is 936. The van der Waals surface area contributed by atoms with Gasteiger partial charge in [0.25, 0.3) is 0 Å². The average Bonchev–Trinajstić information content (AvgIpc) is 3.18. The van der Waals surface area contributed by atoms with Crippen LogP contribution in [0.25, 0.3) is 0 Å². The molecule has 1 aliphatic heterocycles. The van der Waals surface area contributed by atoms with Crippen molar-refractivity contribution in [1.82, 2.24) is 10.2 Å². The molecule has 146 valence electrons. The molecule has 1 N–H and O–H groups in total. The Morgan fingerprint density at radius 2 is 2.11 bits per heavy atom. The number of hydrogen-bond donors (Lipinski definition) is 1. The summed E-state index contributed by atoms with van der Waals surface area (Å²) in [6, 6.07) is 12.7. The van der Waals surface area contributed by atoms with Crippen LogP contribution in [-0.4, -0.2) is 16.7 Å². The predicted octanol–water partition coefficient (Wildman–Crippen LogP) is 5.40. The van der Waals surface area contributed by atoms with Crippen molar-refractivity contribution >= 4 is 28.2 Å². The molecule has 0 saturated heterocycles. The third-order valence-corrected chi connectivity index (χ3v) is 6.24. The molecule has 1 aromatic heterocycles. The van der Waals surface area contributed by atoms with E-state index in [9.17, 15) is 4.39 Å². The molecule has 2 aromatic carbocycles. The summed E-state index contributed by atoms with van der Waals surface area (Å²) in [6.07, 6.45) is 0.536. The molecule has 0 saturated carbocycles. The summed E-state index contributed by atoms with van der Waals surface area (Å²) in [5.74, 6) is 0.953. The summed E-state index contributed by atoms with van der Waals surface area (Å²) in [5.41, 5.74) is 2.46. The van der Waals surface area contributed by atoms with Gasteiger partial charge < -0.3 is 14.8 Å². The summed E-state index contributed by atoms with van der Waals surface area (Å²) in [7, 11) is 0. The number of nitrogens with one attached hydrogen (secondary N) is 1. The third-order valence-electron chi connectivity index (χ3n) is 4.18. The van der Waals surface area contributed by atoms with E-state index in [4.69, 9.17) is 9.47 Å². The molecule has 0 amide bonds. The second-order valence-electron chi connectivity index (χ2n) is 6.31. The SMILES string of the molecule is CCCNc1nnc(SCc2cc(F)cc3c2O[C@H](c2ccccc2)OC3)s1. The fraction of sp³-hybridized carbons (Fsp3) is 0.300. The number of nitrogens with zero attached hydrogens (tertiary/aromatic N) is 2. The van der Waals surface area contributed by atoms with E-state index in [0.717, 1.165) is 39.1 Å². The van der Waals surface area contributed by atoms with Crippen LogP contribution in [0.15, 0.2) is 46.8 Å². The van der Waals surface area contributed by atoms with Gasteiger partial charge in [0.2, 0.25) is 11.4 Å². The summed E-state index contributed by atoms with van der Waals surface area (Å²) >= 11 is 3.03. The van der Waals surface area contributed by atoms with Crippen molar-refractivity contribution in [1.29, 1.82) is 0 Å². The highest BCUT2D eigenvalue weighted by Gasteiger charge is 2.25. The molecule has 8 heteroatoms. The van der Waals surface area contributed by atoms with Gasteiger partial charge in [-0.25, -0.2) is 4.39 Å². The van der Waals surface area contributed by atoms with Crippen molar-refractivity contribution in [3.05, 3.63) is 65.0 Å². The summed E-state index contributed by atoms with van der Waals surface area (Å²) in [6.45, 7) is 3.28. The fourth-order valence-corrected chi connectivity index (χ4v) is 4.61. The summed E-state index contributed by atoms with van der Waals surface area (Å²) < 4.78 is 26.8. The van der Waals surface area contributed by atoms with Crippen LogP contribution in [-0.2, 0) is 17.1 Å². The third kappa shape index (κ3) is 4.45. The molecule has 0 bridgehead atoms. The molecule has 1 atom stereocenters. The predicted molar refractivity (Wildman–Crippen MR) is 109 cm³/mol. The lowest BCUT2D eigenvalue weighted by Gasteiger charge is -2.28. The van der Waals surface area contributed by atoms with Crippen molar-refractivity contribution in [2.24, 2.45) is 0 Å². The minimum atomic E-state index is -0.491. The Morgan fingerprint density at radius 1 is 1.25 bits per heavy atom. The van der Waals surface area contributed by atoms with E-state index < -0.39 is 6.29 Å². The zero-order chi connectivity index (χ0) is 19.3. The van der Waals surface area contributed by atoms with E-state index in [1.807, 2.05) is 30.3 Å². The number of ether oxygens (including phenoxy) is 2. The number of rotatable bonds is 7. The molecule has 3 aromatic rings. The van der Waals surface area contributed by atoms with Crippen LogP contribution in [0.1, 0.15) is 36.3 Å². The quantitative estimate of drug-likeness (QED) is 0.520. The lowest BCUT2D eigenvalue weighted by atomic mass is 10.1. The zero-order valence-corrected chi connectivity index (χ0v) is 17.0. The maximum Gasteiger partial charge on any atom is 0.227 e. The van der Waals surface area contributed by atoms with E-state index in [1.165, 1.54) is 35.2 Å². The first-order chi connectivity index (χ1) is 13.7. The Kier molecular flexibility index (Phi) is 6.09. The number of anilines is 1. The molecule has 0 fully saturated rings. The first-order valence-electron chi connectivity index (χ1n) is 9.07. The van der Waals surface area contributed by atoms with Gasteiger partial charge in [-0.3, -0.25) is 0 Å². The second-order valence-corrected chi connectivity index (χ2v) is 8.51. The molecule has 4 rings (SSSR count). The highest BCUT2D eigenvalue weighted by atomic mass is 32.2. The number of halogens is 1. The number of fused-ring (bicyclic) bond motifs is 1. The van der Waals surface area contributed by atoms with Crippen LogP contribution in [0.2, 0.25) is 0 Å². The molecular weight excluding hydrogens is 397 g/mol. The fourth-order valence-electron chi connectivity index (χ4n) is 2.87. The molecule has 0 unspecified atom stereocenters. The van der Waals surface area contributed by atoms with Crippen LogP contribution < -0.4 is 10.1 Å². The maximum atomic E-state index is 14.1. The molecule has 5 nitrogen and oxygen atoms in total. The molecular formula is C20H20FN3O2S2. The Balaban J connectivity index is 1.50. The zero-order valence-electron chi connectivity index (χ0n) is 15.4. The number of thioether (sulfide) groups is 1. The Labute approximate surface area is 171 Å². The van der Waals surface area contributed by atoms with E-state index in [1.54, 1.807) is 0 Å². The van der Waals surface area contributed by atoms with Gasteiger partial charge in [0, 0.05) is 29.0 Å². The molecule has 0 spiro atoms. The van der Waals surface area contributed by atoms with Gasteiger partial charge in [-0.05, 0) is 18.6 Å². The minimum absolute atomic E-state index is 0.290. The highest BCUT2D eigenvalue weighted by Crippen LogP contribution is 2.39. The van der Waals surface area contributed by atoms with Gasteiger partial charge >= 0.3 is 0 Å². The molecule has 2 heterocycles. The van der Waals surface area contributed by atoms with Crippen LogP contribution in [0.4, 0.5) is 9.52 Å². The number of aromatic nitrogens is 2. The lowest BCUT2D eigenvalue weighted by Crippen LogP contribution is -2.19. The Morgan fingerprint density at radius 3 is 2.93 bits per heavy atom. The lowest BCUT2D eigenvalue weighted by molar-refractivity contribution is -0.112. The van der Waals surface area contributed by atoms with E-state index in [0.29, 0.717) is 18.1 Å². The standard InChI is InChI=1S/C20H20FN3O2S2/c1-2-8-22-19-23-24-20(28-19)27-12-15-10-16(21)9-14-11-25-18(26-17(14)15)13-6-4-3-5-7-13/h3-7,9-10,18H,2,8,11-12H2,1H3,(H,22,23)/t18-/m1/s1. The summed E-state index contributed by atoms with van der Waals surface area (Å²) in [5, 5.41) is 12.4. The van der Waals surface area contributed by atoms with Gasteiger partial charge in [-0.2, -0.15) is 0 Å². The van der Waals surface area contributed by atoms with Crippen LogP contribution in [0, 0.1) is 5.82 Å². The van der Waals surface area contributed by atoms with Gasteiger partial charge in [0.1, 0.15) is 11.6 Å². The molecule has 28 heavy (non-hydrogen) atoms. The first kappa shape index (κ1) is 19.2. The largest absolute Gasteiger partial charge is 0.460 e. The van der Waals surface area contributed by atoms with Crippen LogP contribution in [0.3, 0.4) is 0 Å². The second kappa shape index (κ2) is 8.89. The molecule has 1 aliphatic rings. The van der Waals surface area contributed by atoms with E-state index in [2.05, 4.69) is 22.4 Å². The van der Waals surface area contributed by atoms with Crippen LogP contribution >= 0.6 is 23.1 Å². The van der Waals surface area contributed by atoms with Crippen LogP contribution in [0.5, 0.6) is 5.75 Å². The molecule has 0 radical (unpaired) electrons. The van der Waals surface area contributed by atoms with Crippen molar-refractivity contribution in [2.75, 3.05) is 11.9 Å². The minimum Gasteiger partial charge on any atom is -0.460 e. The normalized spacial score (nSPS) is 15.7.